The molecule has 0 aliphatic carbocycles. The van der Waals surface area contributed by atoms with Crippen molar-refractivity contribution >= 4 is 53.4 Å². The van der Waals surface area contributed by atoms with E-state index in [1.807, 2.05) is 29.7 Å². The van der Waals surface area contributed by atoms with Gasteiger partial charge in [0.25, 0.3) is 5.91 Å². The Labute approximate surface area is 159 Å². The molecule has 1 aromatic heterocycles. The summed E-state index contributed by atoms with van der Waals surface area (Å²) in [4.78, 5) is 17.7. The average molecular weight is 446 g/mol. The van der Waals surface area contributed by atoms with Gasteiger partial charge in [-0.2, -0.15) is 4.99 Å². The molecule has 0 saturated carbocycles. The van der Waals surface area contributed by atoms with Gasteiger partial charge in [0, 0.05) is 30.0 Å². The summed E-state index contributed by atoms with van der Waals surface area (Å²) in [6, 6.07) is 5.97. The number of hydrogen-bond donors (Lipinski definition) is 0. The van der Waals surface area contributed by atoms with Crippen molar-refractivity contribution in [1.29, 1.82) is 0 Å². The summed E-state index contributed by atoms with van der Waals surface area (Å²) < 4.78 is 28.7. The number of rotatable bonds is 3. The van der Waals surface area contributed by atoms with Crippen LogP contribution in [0, 0.1) is 5.92 Å². The second kappa shape index (κ2) is 7.30. The number of nitrogens with zero attached hydrogens (tertiary/aromatic N) is 3. The minimum absolute atomic E-state index is 0.155. The first kappa shape index (κ1) is 18.8. The Balaban J connectivity index is 1.88. The highest BCUT2D eigenvalue weighted by atomic mass is 79.9. The van der Waals surface area contributed by atoms with E-state index in [0.717, 1.165) is 21.2 Å². The van der Waals surface area contributed by atoms with E-state index in [1.165, 1.54) is 21.9 Å². The SMILES string of the molecule is CCn1c(=NC(=O)C2CCN(S(C)(=O)=O)CC2)sc2cccc(Br)c21. The Morgan fingerprint density at radius 3 is 2.64 bits per heavy atom. The van der Waals surface area contributed by atoms with Crippen LogP contribution in [0.25, 0.3) is 10.2 Å². The van der Waals surface area contributed by atoms with E-state index in [0.29, 0.717) is 30.7 Å². The van der Waals surface area contributed by atoms with Gasteiger partial charge in [0.15, 0.2) is 4.80 Å². The number of halogens is 1. The van der Waals surface area contributed by atoms with Gasteiger partial charge in [-0.1, -0.05) is 17.4 Å². The van der Waals surface area contributed by atoms with Gasteiger partial charge in [-0.3, -0.25) is 4.79 Å². The molecular formula is C16H20BrN3O3S2. The van der Waals surface area contributed by atoms with E-state index in [-0.39, 0.29) is 11.8 Å². The quantitative estimate of drug-likeness (QED) is 0.728. The third kappa shape index (κ3) is 3.89. The molecule has 2 aromatic rings. The van der Waals surface area contributed by atoms with Crippen LogP contribution in [0.1, 0.15) is 19.8 Å². The molecule has 1 aromatic carbocycles. The van der Waals surface area contributed by atoms with Gasteiger partial charge in [0.05, 0.1) is 16.5 Å². The lowest BCUT2D eigenvalue weighted by molar-refractivity contribution is -0.122. The summed E-state index contributed by atoms with van der Waals surface area (Å²) >= 11 is 5.07. The molecule has 25 heavy (non-hydrogen) atoms. The van der Waals surface area contributed by atoms with Gasteiger partial charge >= 0.3 is 0 Å². The van der Waals surface area contributed by atoms with Crippen LogP contribution in [0.4, 0.5) is 0 Å². The topological polar surface area (TPSA) is 71.7 Å². The molecule has 0 spiro atoms. The van der Waals surface area contributed by atoms with E-state index in [9.17, 15) is 13.2 Å². The molecule has 0 N–H and O–H groups in total. The van der Waals surface area contributed by atoms with Crippen molar-refractivity contribution < 1.29 is 13.2 Å². The Morgan fingerprint density at radius 1 is 1.36 bits per heavy atom. The van der Waals surface area contributed by atoms with Crippen molar-refractivity contribution in [3.05, 3.63) is 27.5 Å². The van der Waals surface area contributed by atoms with Crippen LogP contribution in [-0.2, 0) is 21.4 Å². The first-order valence-corrected chi connectivity index (χ1v) is 11.6. The first-order chi connectivity index (χ1) is 11.8. The molecule has 1 aliphatic heterocycles. The summed E-state index contributed by atoms with van der Waals surface area (Å²) in [5.41, 5.74) is 1.05. The Morgan fingerprint density at radius 2 is 2.04 bits per heavy atom. The maximum Gasteiger partial charge on any atom is 0.251 e. The maximum atomic E-state index is 12.6. The third-order valence-corrected chi connectivity index (χ3v) is 7.43. The fourth-order valence-corrected chi connectivity index (χ4v) is 5.80. The zero-order valence-electron chi connectivity index (χ0n) is 14.1. The fourth-order valence-electron chi connectivity index (χ4n) is 3.09. The van der Waals surface area contributed by atoms with Gasteiger partial charge in [-0.05, 0) is 47.8 Å². The number of benzene rings is 1. The zero-order chi connectivity index (χ0) is 18.2. The van der Waals surface area contributed by atoms with Crippen LogP contribution in [-0.4, -0.2) is 42.5 Å². The first-order valence-electron chi connectivity index (χ1n) is 8.12. The van der Waals surface area contributed by atoms with Crippen LogP contribution in [0.5, 0.6) is 0 Å². The summed E-state index contributed by atoms with van der Waals surface area (Å²) in [7, 11) is -3.18. The summed E-state index contributed by atoms with van der Waals surface area (Å²) in [6.07, 6.45) is 2.25. The fraction of sp³-hybridized carbons (Fsp3) is 0.500. The average Bonchev–Trinajstić information content (AvgIpc) is 2.92. The lowest BCUT2D eigenvalue weighted by Crippen LogP contribution is -2.39. The van der Waals surface area contributed by atoms with Gasteiger partial charge < -0.3 is 4.57 Å². The minimum Gasteiger partial charge on any atom is -0.316 e. The molecule has 0 atom stereocenters. The van der Waals surface area contributed by atoms with Gasteiger partial charge in [-0.25, -0.2) is 12.7 Å². The lowest BCUT2D eigenvalue weighted by Gasteiger charge is -2.28. The smallest absolute Gasteiger partial charge is 0.251 e. The molecule has 1 fully saturated rings. The van der Waals surface area contributed by atoms with Crippen molar-refractivity contribution in [2.75, 3.05) is 19.3 Å². The van der Waals surface area contributed by atoms with Crippen molar-refractivity contribution in [3.63, 3.8) is 0 Å². The number of para-hydroxylation sites is 1. The minimum atomic E-state index is -3.18. The molecule has 6 nitrogen and oxygen atoms in total. The second-order valence-electron chi connectivity index (χ2n) is 6.10. The summed E-state index contributed by atoms with van der Waals surface area (Å²) in [6.45, 7) is 3.52. The Hall–Kier alpha value is -1.03. The number of fused-ring (bicyclic) bond motifs is 1. The molecule has 1 aliphatic rings. The van der Waals surface area contributed by atoms with E-state index < -0.39 is 10.0 Å². The van der Waals surface area contributed by atoms with Crippen molar-refractivity contribution in [2.45, 2.75) is 26.3 Å². The van der Waals surface area contributed by atoms with Crippen LogP contribution in [0.15, 0.2) is 27.7 Å². The number of amides is 1. The van der Waals surface area contributed by atoms with Crippen LogP contribution >= 0.6 is 27.3 Å². The second-order valence-corrected chi connectivity index (χ2v) is 9.95. The standard InChI is InChI=1S/C16H20BrN3O3S2/c1-3-20-14-12(17)5-4-6-13(14)24-16(20)18-15(21)11-7-9-19(10-8-11)25(2,22)23/h4-6,11H,3,7-10H2,1-2H3. The maximum absolute atomic E-state index is 12.6. The summed E-state index contributed by atoms with van der Waals surface area (Å²) in [5.74, 6) is -0.366. The predicted octanol–water partition coefficient (Wildman–Crippen LogP) is 2.58. The molecule has 0 bridgehead atoms. The molecule has 136 valence electrons. The van der Waals surface area contributed by atoms with Crippen LogP contribution < -0.4 is 4.80 Å². The van der Waals surface area contributed by atoms with Gasteiger partial charge in [0.2, 0.25) is 10.0 Å². The molecular weight excluding hydrogens is 426 g/mol. The molecule has 1 saturated heterocycles. The van der Waals surface area contributed by atoms with Crippen molar-refractivity contribution in [1.82, 2.24) is 8.87 Å². The molecule has 1 amide bonds. The van der Waals surface area contributed by atoms with Gasteiger partial charge in [0.1, 0.15) is 0 Å². The van der Waals surface area contributed by atoms with Crippen molar-refractivity contribution in [2.24, 2.45) is 10.9 Å². The van der Waals surface area contributed by atoms with E-state index in [2.05, 4.69) is 20.9 Å². The number of carbonyl (C=O) groups is 1. The highest BCUT2D eigenvalue weighted by molar-refractivity contribution is 9.10. The molecule has 0 unspecified atom stereocenters. The number of piperidine rings is 1. The Bertz CT molecular complexity index is 970. The predicted molar refractivity (Wildman–Crippen MR) is 103 cm³/mol. The molecule has 3 rings (SSSR count). The van der Waals surface area contributed by atoms with E-state index in [4.69, 9.17) is 0 Å². The van der Waals surface area contributed by atoms with E-state index in [1.54, 1.807) is 0 Å². The molecule has 2 heterocycles. The number of thiazole rings is 1. The normalized spacial score (nSPS) is 18.1. The lowest BCUT2D eigenvalue weighted by atomic mass is 9.98. The highest BCUT2D eigenvalue weighted by Gasteiger charge is 2.28. The number of aromatic nitrogens is 1. The number of carbonyl (C=O) groups excluding carboxylic acids is 1. The largest absolute Gasteiger partial charge is 0.316 e. The molecule has 0 radical (unpaired) electrons. The number of hydrogen-bond acceptors (Lipinski definition) is 4. The van der Waals surface area contributed by atoms with Crippen LogP contribution in [0.3, 0.4) is 0 Å². The van der Waals surface area contributed by atoms with Crippen LogP contribution in [0.2, 0.25) is 0 Å². The Kier molecular flexibility index (Phi) is 5.48. The number of aryl methyl sites for hydroxylation is 1. The number of sulfonamides is 1. The molecule has 9 heteroatoms. The monoisotopic (exact) mass is 445 g/mol. The highest BCUT2D eigenvalue weighted by Crippen LogP contribution is 2.26. The van der Waals surface area contributed by atoms with Crippen molar-refractivity contribution in [3.8, 4) is 0 Å². The van der Waals surface area contributed by atoms with Gasteiger partial charge in [-0.15, -0.1) is 0 Å². The summed E-state index contributed by atoms with van der Waals surface area (Å²) in [5, 5.41) is 0. The third-order valence-electron chi connectivity index (χ3n) is 4.45. The van der Waals surface area contributed by atoms with E-state index >= 15 is 0 Å². The zero-order valence-corrected chi connectivity index (χ0v) is 17.3.